The maximum absolute atomic E-state index is 11.8. The second-order valence-corrected chi connectivity index (χ2v) is 5.47. The third-order valence-electron chi connectivity index (χ3n) is 3.90. The minimum absolute atomic E-state index is 0.117. The molecular formula is C19H18N2O4. The molecule has 6 heteroatoms. The van der Waals surface area contributed by atoms with Gasteiger partial charge in [-0.25, -0.2) is 9.48 Å². The number of phenols is 1. The summed E-state index contributed by atoms with van der Waals surface area (Å²) >= 11 is 0. The van der Waals surface area contributed by atoms with Gasteiger partial charge in [-0.2, -0.15) is 5.10 Å². The third-order valence-corrected chi connectivity index (χ3v) is 3.90. The zero-order valence-electron chi connectivity index (χ0n) is 14.0. The van der Waals surface area contributed by atoms with Crippen molar-refractivity contribution in [3.05, 3.63) is 71.5 Å². The molecule has 1 aromatic heterocycles. The predicted octanol–water partition coefficient (Wildman–Crippen LogP) is 2.96. The zero-order valence-corrected chi connectivity index (χ0v) is 14.0. The molecule has 0 aliphatic heterocycles. The second kappa shape index (κ2) is 7.09. The highest BCUT2D eigenvalue weighted by atomic mass is 16.5. The Morgan fingerprint density at radius 2 is 1.96 bits per heavy atom. The Labute approximate surface area is 145 Å². The van der Waals surface area contributed by atoms with Crippen molar-refractivity contribution in [2.45, 2.75) is 6.42 Å². The molecule has 6 nitrogen and oxygen atoms in total. The molecule has 0 fully saturated rings. The van der Waals surface area contributed by atoms with E-state index in [1.807, 2.05) is 36.5 Å². The summed E-state index contributed by atoms with van der Waals surface area (Å²) in [6.07, 6.45) is 4.15. The van der Waals surface area contributed by atoms with Crippen molar-refractivity contribution in [1.29, 1.82) is 0 Å². The Balaban J connectivity index is 1.90. The highest BCUT2D eigenvalue weighted by Crippen LogP contribution is 2.30. The fraction of sp³-hybridized carbons (Fsp3) is 0.158. The molecule has 0 saturated carbocycles. The van der Waals surface area contributed by atoms with E-state index in [0.29, 0.717) is 12.2 Å². The molecular weight excluding hydrogens is 320 g/mol. The maximum atomic E-state index is 11.8. The highest BCUT2D eigenvalue weighted by molar-refractivity contribution is 5.93. The Morgan fingerprint density at radius 1 is 1.20 bits per heavy atom. The minimum Gasteiger partial charge on any atom is -0.507 e. The first-order valence-electron chi connectivity index (χ1n) is 7.69. The van der Waals surface area contributed by atoms with E-state index in [1.54, 1.807) is 16.9 Å². The van der Waals surface area contributed by atoms with Gasteiger partial charge in [0.2, 0.25) is 0 Å². The van der Waals surface area contributed by atoms with Crippen molar-refractivity contribution in [1.82, 2.24) is 9.78 Å². The van der Waals surface area contributed by atoms with Crippen LogP contribution in [0, 0.1) is 0 Å². The van der Waals surface area contributed by atoms with E-state index < -0.39 is 5.97 Å². The molecule has 0 bridgehead atoms. The Bertz CT molecular complexity index is 871. The molecule has 0 saturated heterocycles. The number of benzene rings is 2. The van der Waals surface area contributed by atoms with E-state index in [-0.39, 0.29) is 11.3 Å². The largest absolute Gasteiger partial charge is 0.507 e. The van der Waals surface area contributed by atoms with Crippen molar-refractivity contribution in [3.8, 4) is 17.2 Å². The molecule has 0 unspecified atom stereocenters. The normalized spacial score (nSPS) is 10.5. The Hall–Kier alpha value is -3.28. The average molecular weight is 338 g/mol. The molecule has 1 heterocycles. The number of hydrogen-bond acceptors (Lipinski definition) is 5. The summed E-state index contributed by atoms with van der Waals surface area (Å²) in [5.74, 6) is -0.238. The van der Waals surface area contributed by atoms with Gasteiger partial charge in [0.25, 0.3) is 0 Å². The monoisotopic (exact) mass is 338 g/mol. The summed E-state index contributed by atoms with van der Waals surface area (Å²) in [5.41, 5.74) is 2.90. The first-order chi connectivity index (χ1) is 12.1. The number of hydrogen-bond donors (Lipinski definition) is 1. The summed E-state index contributed by atoms with van der Waals surface area (Å²) in [5, 5.41) is 14.2. The van der Waals surface area contributed by atoms with Crippen molar-refractivity contribution < 1.29 is 19.4 Å². The molecule has 3 rings (SSSR count). The van der Waals surface area contributed by atoms with Gasteiger partial charge in [-0.1, -0.05) is 12.1 Å². The number of esters is 1. The number of carbonyl (C=O) groups excluding carboxylic acids is 1. The van der Waals surface area contributed by atoms with Crippen LogP contribution in [0.5, 0.6) is 11.5 Å². The van der Waals surface area contributed by atoms with E-state index in [2.05, 4.69) is 5.10 Å². The SMILES string of the molecule is COC(=O)c1cc(Cc2ccc(-n3cccn3)cc2)c(OC)cc1O. The topological polar surface area (TPSA) is 73.6 Å². The minimum atomic E-state index is -0.588. The van der Waals surface area contributed by atoms with E-state index in [0.717, 1.165) is 16.8 Å². The number of nitrogens with zero attached hydrogens (tertiary/aromatic N) is 2. The van der Waals surface area contributed by atoms with Crippen molar-refractivity contribution in [2.24, 2.45) is 0 Å². The first kappa shape index (κ1) is 16.6. The van der Waals surface area contributed by atoms with E-state index in [4.69, 9.17) is 9.47 Å². The predicted molar refractivity (Wildman–Crippen MR) is 92.4 cm³/mol. The van der Waals surface area contributed by atoms with Crippen LogP contribution in [0.2, 0.25) is 0 Å². The smallest absolute Gasteiger partial charge is 0.341 e. The van der Waals surface area contributed by atoms with Gasteiger partial charge in [-0.15, -0.1) is 0 Å². The fourth-order valence-electron chi connectivity index (χ4n) is 2.62. The lowest BCUT2D eigenvalue weighted by Crippen LogP contribution is -2.04. The van der Waals surface area contributed by atoms with Crippen LogP contribution in [-0.4, -0.2) is 35.1 Å². The Kier molecular flexibility index (Phi) is 4.70. The van der Waals surface area contributed by atoms with Crippen LogP contribution in [0.25, 0.3) is 5.69 Å². The quantitative estimate of drug-likeness (QED) is 0.724. The molecule has 0 amide bonds. The van der Waals surface area contributed by atoms with E-state index in [9.17, 15) is 9.90 Å². The number of aromatic nitrogens is 2. The van der Waals surface area contributed by atoms with Crippen molar-refractivity contribution in [2.75, 3.05) is 14.2 Å². The summed E-state index contributed by atoms with van der Waals surface area (Å²) in [6, 6.07) is 12.8. The fourth-order valence-corrected chi connectivity index (χ4v) is 2.62. The number of carbonyl (C=O) groups is 1. The van der Waals surface area contributed by atoms with Gasteiger partial charge in [0.05, 0.1) is 19.9 Å². The van der Waals surface area contributed by atoms with E-state index >= 15 is 0 Å². The van der Waals surface area contributed by atoms with Gasteiger partial charge in [-0.3, -0.25) is 0 Å². The lowest BCUT2D eigenvalue weighted by molar-refractivity contribution is 0.0597. The van der Waals surface area contributed by atoms with Gasteiger partial charge in [0.15, 0.2) is 0 Å². The molecule has 2 aromatic carbocycles. The molecule has 0 radical (unpaired) electrons. The molecule has 3 aromatic rings. The van der Waals surface area contributed by atoms with Crippen molar-refractivity contribution in [3.63, 3.8) is 0 Å². The Morgan fingerprint density at radius 3 is 2.56 bits per heavy atom. The van der Waals surface area contributed by atoms with Crippen LogP contribution < -0.4 is 4.74 Å². The zero-order chi connectivity index (χ0) is 17.8. The average Bonchev–Trinajstić information content (AvgIpc) is 3.17. The van der Waals surface area contributed by atoms with Crippen LogP contribution >= 0.6 is 0 Å². The number of aromatic hydroxyl groups is 1. The molecule has 1 N–H and O–H groups in total. The third kappa shape index (κ3) is 3.47. The lowest BCUT2D eigenvalue weighted by Gasteiger charge is -2.12. The first-order valence-corrected chi connectivity index (χ1v) is 7.69. The van der Waals surface area contributed by atoms with Gasteiger partial charge >= 0.3 is 5.97 Å². The number of rotatable bonds is 5. The van der Waals surface area contributed by atoms with Crippen LogP contribution in [0.1, 0.15) is 21.5 Å². The highest BCUT2D eigenvalue weighted by Gasteiger charge is 2.16. The van der Waals surface area contributed by atoms with Crippen molar-refractivity contribution >= 4 is 5.97 Å². The number of methoxy groups -OCH3 is 2. The lowest BCUT2D eigenvalue weighted by atomic mass is 10.0. The van der Waals surface area contributed by atoms with Gasteiger partial charge in [-0.05, 0) is 35.4 Å². The van der Waals surface area contributed by atoms with Gasteiger partial charge in [0, 0.05) is 24.9 Å². The summed E-state index contributed by atoms with van der Waals surface area (Å²) < 4.78 is 11.8. The summed E-state index contributed by atoms with van der Waals surface area (Å²) in [6.45, 7) is 0. The molecule has 0 aliphatic carbocycles. The van der Waals surface area contributed by atoms with Crippen LogP contribution in [-0.2, 0) is 11.2 Å². The van der Waals surface area contributed by atoms with E-state index in [1.165, 1.54) is 20.3 Å². The standard InChI is InChI=1S/C19H18N2O4/c1-24-18-12-17(22)16(19(23)25-2)11-14(18)10-13-4-6-15(7-5-13)21-9-3-8-20-21/h3-9,11-12,22H,10H2,1-2H3. The number of phenolic OH excluding ortho intramolecular Hbond substituents is 1. The molecule has 25 heavy (non-hydrogen) atoms. The molecule has 0 spiro atoms. The van der Waals surface area contributed by atoms with Gasteiger partial charge < -0.3 is 14.6 Å². The molecule has 0 aliphatic rings. The van der Waals surface area contributed by atoms with Crippen LogP contribution in [0.3, 0.4) is 0 Å². The van der Waals surface area contributed by atoms with Gasteiger partial charge in [0.1, 0.15) is 17.1 Å². The molecule has 0 atom stereocenters. The van der Waals surface area contributed by atoms with Crippen LogP contribution in [0.4, 0.5) is 0 Å². The molecule has 128 valence electrons. The summed E-state index contributed by atoms with van der Waals surface area (Å²) in [7, 11) is 2.80. The van der Waals surface area contributed by atoms with Crippen LogP contribution in [0.15, 0.2) is 54.9 Å². The number of ether oxygens (including phenoxy) is 2. The second-order valence-electron chi connectivity index (χ2n) is 5.47. The summed E-state index contributed by atoms with van der Waals surface area (Å²) in [4.78, 5) is 11.8. The maximum Gasteiger partial charge on any atom is 0.341 e.